The van der Waals surface area contributed by atoms with E-state index in [1.165, 1.54) is 6.20 Å². The number of aromatic nitrogens is 1. The predicted octanol–water partition coefficient (Wildman–Crippen LogP) is 1.89. The highest BCUT2D eigenvalue weighted by molar-refractivity contribution is 9.10. The van der Waals surface area contributed by atoms with Crippen LogP contribution >= 0.6 is 15.9 Å². The number of rotatable bonds is 3. The van der Waals surface area contributed by atoms with Crippen molar-refractivity contribution in [3.63, 3.8) is 0 Å². The third kappa shape index (κ3) is 2.63. The smallest absolute Gasteiger partial charge is 0.307 e. The van der Waals surface area contributed by atoms with Gasteiger partial charge >= 0.3 is 5.97 Å². The summed E-state index contributed by atoms with van der Waals surface area (Å²) in [5, 5.41) is 11.5. The molecule has 1 aliphatic rings. The Hall–Kier alpha value is -1.43. The van der Waals surface area contributed by atoms with E-state index in [1.54, 1.807) is 12.3 Å². The molecule has 1 fully saturated rings. The van der Waals surface area contributed by atoms with Crippen molar-refractivity contribution in [3.05, 3.63) is 22.9 Å². The Morgan fingerprint density at radius 3 is 2.59 bits per heavy atom. The van der Waals surface area contributed by atoms with Crippen LogP contribution in [0.3, 0.4) is 0 Å². The third-order valence-electron chi connectivity index (χ3n) is 2.90. The highest BCUT2D eigenvalue weighted by Crippen LogP contribution is 2.35. The number of aliphatic carboxylic acids is 1. The van der Waals surface area contributed by atoms with Crippen LogP contribution in [0, 0.1) is 11.8 Å². The summed E-state index contributed by atoms with van der Waals surface area (Å²) in [6, 6.07) is 1.72. The van der Waals surface area contributed by atoms with Crippen LogP contribution in [0.1, 0.15) is 12.8 Å². The minimum Gasteiger partial charge on any atom is -0.481 e. The van der Waals surface area contributed by atoms with E-state index < -0.39 is 17.8 Å². The molecule has 1 amide bonds. The lowest BCUT2D eigenvalue weighted by Crippen LogP contribution is -2.41. The fraction of sp³-hybridized carbons (Fsp3) is 0.364. The van der Waals surface area contributed by atoms with Crippen LogP contribution in [0.5, 0.6) is 0 Å². The summed E-state index contributed by atoms with van der Waals surface area (Å²) < 4.78 is 0.763. The molecule has 0 bridgehead atoms. The lowest BCUT2D eigenvalue weighted by Gasteiger charge is -2.31. The molecule has 2 unspecified atom stereocenters. The van der Waals surface area contributed by atoms with E-state index in [4.69, 9.17) is 5.11 Å². The maximum atomic E-state index is 11.8. The maximum Gasteiger partial charge on any atom is 0.307 e. The Labute approximate surface area is 106 Å². The summed E-state index contributed by atoms with van der Waals surface area (Å²) >= 11 is 3.25. The third-order valence-corrected chi connectivity index (χ3v) is 3.33. The van der Waals surface area contributed by atoms with Crippen LogP contribution in [0.2, 0.25) is 0 Å². The van der Waals surface area contributed by atoms with Gasteiger partial charge in [0.25, 0.3) is 0 Å². The molecule has 0 spiro atoms. The van der Waals surface area contributed by atoms with Crippen molar-refractivity contribution in [2.75, 3.05) is 5.32 Å². The molecule has 1 heterocycles. The van der Waals surface area contributed by atoms with Gasteiger partial charge in [0.2, 0.25) is 5.91 Å². The molecule has 1 aromatic heterocycles. The maximum absolute atomic E-state index is 11.8. The van der Waals surface area contributed by atoms with Gasteiger partial charge in [-0.25, -0.2) is 0 Å². The van der Waals surface area contributed by atoms with Crippen LogP contribution in [0.15, 0.2) is 22.9 Å². The molecule has 2 N–H and O–H groups in total. The summed E-state index contributed by atoms with van der Waals surface area (Å²) in [6.07, 6.45) is 4.34. The summed E-state index contributed by atoms with van der Waals surface area (Å²) in [6.45, 7) is 0. The van der Waals surface area contributed by atoms with E-state index >= 15 is 0 Å². The van der Waals surface area contributed by atoms with Crippen molar-refractivity contribution in [1.82, 2.24) is 4.98 Å². The monoisotopic (exact) mass is 298 g/mol. The van der Waals surface area contributed by atoms with E-state index in [-0.39, 0.29) is 5.91 Å². The molecule has 90 valence electrons. The molecule has 0 aromatic carbocycles. The summed E-state index contributed by atoms with van der Waals surface area (Å²) in [7, 11) is 0. The summed E-state index contributed by atoms with van der Waals surface area (Å²) in [5.74, 6) is -2.12. The van der Waals surface area contributed by atoms with Crippen LogP contribution in [-0.2, 0) is 9.59 Å². The molecule has 0 radical (unpaired) electrons. The van der Waals surface area contributed by atoms with Gasteiger partial charge in [-0.3, -0.25) is 14.6 Å². The zero-order valence-electron chi connectivity index (χ0n) is 8.89. The number of pyridine rings is 1. The molecule has 1 aliphatic carbocycles. The van der Waals surface area contributed by atoms with E-state index in [0.717, 1.165) is 4.47 Å². The van der Waals surface area contributed by atoms with E-state index in [0.29, 0.717) is 18.5 Å². The zero-order valence-corrected chi connectivity index (χ0v) is 10.5. The second-order valence-electron chi connectivity index (χ2n) is 4.01. The lowest BCUT2D eigenvalue weighted by atomic mass is 9.73. The van der Waals surface area contributed by atoms with Crippen LogP contribution in [0.4, 0.5) is 5.69 Å². The summed E-state index contributed by atoms with van der Waals surface area (Å²) in [4.78, 5) is 26.5. The Morgan fingerprint density at radius 2 is 2.06 bits per heavy atom. The zero-order chi connectivity index (χ0) is 12.4. The number of nitrogens with zero attached hydrogens (tertiary/aromatic N) is 1. The number of halogens is 1. The molecule has 2 atom stereocenters. The minimum atomic E-state index is -0.899. The molecule has 1 aromatic rings. The van der Waals surface area contributed by atoms with Crippen molar-refractivity contribution in [3.8, 4) is 0 Å². The van der Waals surface area contributed by atoms with Crippen molar-refractivity contribution < 1.29 is 14.7 Å². The van der Waals surface area contributed by atoms with Gasteiger partial charge in [-0.05, 0) is 34.8 Å². The Balaban J connectivity index is 2.00. The van der Waals surface area contributed by atoms with Gasteiger partial charge in [-0.2, -0.15) is 0 Å². The standard InChI is InChI=1S/C11H11BrN2O3/c12-6-3-7(5-13-4-6)14-10(15)8-1-2-9(8)11(16)17/h3-5,8-9H,1-2H2,(H,14,15)(H,16,17). The van der Waals surface area contributed by atoms with E-state index in [9.17, 15) is 9.59 Å². The molecular formula is C11H11BrN2O3. The van der Waals surface area contributed by atoms with Gasteiger partial charge in [0, 0.05) is 10.7 Å². The van der Waals surface area contributed by atoms with Crippen molar-refractivity contribution in [2.45, 2.75) is 12.8 Å². The SMILES string of the molecule is O=C(O)C1CCC1C(=O)Nc1cncc(Br)c1. The number of nitrogens with one attached hydrogen (secondary N) is 1. The Bertz CT molecular complexity index is 464. The number of carbonyl (C=O) groups excluding carboxylic acids is 1. The fourth-order valence-electron chi connectivity index (χ4n) is 1.82. The van der Waals surface area contributed by atoms with Gasteiger partial charge in [-0.1, -0.05) is 0 Å². The van der Waals surface area contributed by atoms with Crippen molar-refractivity contribution in [1.29, 1.82) is 0 Å². The van der Waals surface area contributed by atoms with Crippen LogP contribution in [0.25, 0.3) is 0 Å². The van der Waals surface area contributed by atoms with Crippen molar-refractivity contribution >= 4 is 33.5 Å². The Kier molecular flexibility index (Phi) is 3.42. The van der Waals surface area contributed by atoms with Crippen molar-refractivity contribution in [2.24, 2.45) is 11.8 Å². The normalized spacial score (nSPS) is 22.6. The number of carbonyl (C=O) groups is 2. The minimum absolute atomic E-state index is 0.247. The quantitative estimate of drug-likeness (QED) is 0.893. The average Bonchev–Trinajstić information content (AvgIpc) is 2.13. The lowest BCUT2D eigenvalue weighted by molar-refractivity contribution is -0.151. The molecule has 0 aliphatic heterocycles. The van der Waals surface area contributed by atoms with E-state index in [2.05, 4.69) is 26.2 Å². The first-order valence-corrected chi connectivity index (χ1v) is 6.01. The second-order valence-corrected chi connectivity index (χ2v) is 4.93. The summed E-state index contributed by atoms with van der Waals surface area (Å²) in [5.41, 5.74) is 0.570. The molecular weight excluding hydrogens is 288 g/mol. The molecule has 0 saturated heterocycles. The van der Waals surface area contributed by atoms with E-state index in [1.807, 2.05) is 0 Å². The first-order valence-electron chi connectivity index (χ1n) is 5.22. The molecule has 5 nitrogen and oxygen atoms in total. The second kappa shape index (κ2) is 4.83. The first-order chi connectivity index (χ1) is 8.08. The van der Waals surface area contributed by atoms with Gasteiger partial charge in [0.05, 0.1) is 23.7 Å². The number of hydrogen-bond acceptors (Lipinski definition) is 3. The van der Waals surface area contributed by atoms with Crippen LogP contribution in [-0.4, -0.2) is 22.0 Å². The number of hydrogen-bond donors (Lipinski definition) is 2. The number of amides is 1. The highest BCUT2D eigenvalue weighted by atomic mass is 79.9. The van der Waals surface area contributed by atoms with Gasteiger partial charge < -0.3 is 10.4 Å². The van der Waals surface area contributed by atoms with Gasteiger partial charge in [-0.15, -0.1) is 0 Å². The number of carboxylic acids is 1. The number of carboxylic acid groups (broad SMARTS) is 1. The molecule has 6 heteroatoms. The highest BCUT2D eigenvalue weighted by Gasteiger charge is 2.41. The fourth-order valence-corrected chi connectivity index (χ4v) is 2.19. The molecule has 1 saturated carbocycles. The number of anilines is 1. The average molecular weight is 299 g/mol. The van der Waals surface area contributed by atoms with Gasteiger partial charge in [0.15, 0.2) is 0 Å². The van der Waals surface area contributed by atoms with Gasteiger partial charge in [0.1, 0.15) is 0 Å². The predicted molar refractivity (Wildman–Crippen MR) is 64.4 cm³/mol. The Morgan fingerprint density at radius 1 is 1.35 bits per heavy atom. The molecule has 2 rings (SSSR count). The topological polar surface area (TPSA) is 79.3 Å². The first kappa shape index (κ1) is 12.0. The molecule has 17 heavy (non-hydrogen) atoms. The van der Waals surface area contributed by atoms with Crippen LogP contribution < -0.4 is 5.32 Å². The largest absolute Gasteiger partial charge is 0.481 e.